The van der Waals surface area contributed by atoms with Crippen LogP contribution in [0.15, 0.2) is 12.1 Å². The molecule has 0 N–H and O–H groups in total. The summed E-state index contributed by atoms with van der Waals surface area (Å²) in [5, 5.41) is -1.47. The van der Waals surface area contributed by atoms with Crippen LogP contribution in [0.1, 0.15) is 125 Å². The topological polar surface area (TPSA) is 105 Å². The van der Waals surface area contributed by atoms with E-state index in [1.165, 1.54) is 0 Å². The van der Waals surface area contributed by atoms with E-state index in [-0.39, 0.29) is 43.3 Å². The van der Waals surface area contributed by atoms with Gasteiger partial charge in [0.05, 0.1) is 43.3 Å². The van der Waals surface area contributed by atoms with Gasteiger partial charge in [0.2, 0.25) is 0 Å². The molecule has 2 aromatic carbocycles. The van der Waals surface area contributed by atoms with E-state index in [9.17, 15) is 19.2 Å². The van der Waals surface area contributed by atoms with Gasteiger partial charge in [-0.25, -0.2) is 19.2 Å². The molecule has 0 amide bonds. The first-order valence-electron chi connectivity index (χ1n) is 16.9. The minimum atomic E-state index is -1.64. The highest BCUT2D eigenvalue weighted by Gasteiger charge is 2.32. The number of benzene rings is 2. The number of esters is 4. The lowest BCUT2D eigenvalue weighted by Crippen LogP contribution is -2.27. The average molecular weight is 817 g/mol. The number of halogens is 6. The maximum Gasteiger partial charge on any atom is 0.423 e. The molecule has 0 radical (unpaired) electrons. The number of rotatable bonds is 20. The molecule has 0 aliphatic rings. The van der Waals surface area contributed by atoms with Crippen LogP contribution < -0.4 is 9.47 Å². The van der Waals surface area contributed by atoms with E-state index in [1.807, 2.05) is 0 Å². The third-order valence-corrected chi connectivity index (χ3v) is 10.4. The predicted octanol–water partition coefficient (Wildman–Crippen LogP) is 12.4. The molecule has 2 rings (SSSR count). The van der Waals surface area contributed by atoms with E-state index in [0.29, 0.717) is 24.7 Å². The van der Waals surface area contributed by atoms with Crippen molar-refractivity contribution in [3.63, 3.8) is 0 Å². The number of carbonyl (C=O) groups excluding carboxylic acids is 4. The summed E-state index contributed by atoms with van der Waals surface area (Å²) in [6.07, 6.45) is 11.5. The second kappa shape index (κ2) is 22.9. The molecule has 2 aromatic rings. The number of unbranched alkanes of at least 4 members (excludes halogenated alkanes) is 2. The Morgan fingerprint density at radius 2 is 0.880 bits per heavy atom. The minimum absolute atomic E-state index is 0.0596. The van der Waals surface area contributed by atoms with Gasteiger partial charge in [0.1, 0.15) is 11.1 Å². The lowest BCUT2D eigenvalue weighted by molar-refractivity contribution is -0.156. The molecule has 2 atom stereocenters. The van der Waals surface area contributed by atoms with Crippen LogP contribution in [0.2, 0.25) is 30.1 Å². The summed E-state index contributed by atoms with van der Waals surface area (Å²) < 4.78 is 21.2. The van der Waals surface area contributed by atoms with Gasteiger partial charge in [-0.1, -0.05) is 149 Å². The molecule has 50 heavy (non-hydrogen) atoms. The van der Waals surface area contributed by atoms with Crippen LogP contribution in [0.25, 0.3) is 0 Å². The molecule has 0 aromatic heterocycles. The van der Waals surface area contributed by atoms with Gasteiger partial charge in [0.15, 0.2) is 11.5 Å². The summed E-state index contributed by atoms with van der Waals surface area (Å²) in [5.74, 6) is -5.37. The fourth-order valence-corrected chi connectivity index (χ4v) is 6.74. The van der Waals surface area contributed by atoms with Crippen molar-refractivity contribution in [2.24, 2.45) is 11.8 Å². The lowest BCUT2D eigenvalue weighted by atomic mass is 9.94. The highest BCUT2D eigenvalue weighted by Crippen LogP contribution is 2.42. The van der Waals surface area contributed by atoms with Crippen molar-refractivity contribution < 1.29 is 38.1 Å². The Balaban J connectivity index is 2.21. The zero-order valence-corrected chi connectivity index (χ0v) is 33.3. The number of hydrogen-bond acceptors (Lipinski definition) is 8. The summed E-state index contributed by atoms with van der Waals surface area (Å²) in [6, 6.07) is 2.26. The molecule has 0 aliphatic carbocycles. The SMILES string of the molecule is CCCCC(CC)CCCOC(=O)c1c(Cl)c(Cl)cc(Cl)c1OC(=O)C(=O)Oc1c(Cl)cc(Cl)c(Cl)c1C(=O)OCCCC(CC)CCCC. The summed E-state index contributed by atoms with van der Waals surface area (Å²) in [6.45, 7) is 8.62. The Morgan fingerprint density at radius 3 is 1.20 bits per heavy atom. The predicted molar refractivity (Wildman–Crippen MR) is 200 cm³/mol. The highest BCUT2D eigenvalue weighted by atomic mass is 35.5. The zero-order valence-electron chi connectivity index (χ0n) is 28.7. The van der Waals surface area contributed by atoms with Crippen LogP contribution in [-0.2, 0) is 19.1 Å². The van der Waals surface area contributed by atoms with Crippen molar-refractivity contribution in [3.05, 3.63) is 53.4 Å². The van der Waals surface area contributed by atoms with Gasteiger partial charge < -0.3 is 18.9 Å². The molecule has 0 aliphatic heterocycles. The van der Waals surface area contributed by atoms with Crippen LogP contribution in [-0.4, -0.2) is 37.1 Å². The van der Waals surface area contributed by atoms with E-state index in [2.05, 4.69) is 27.7 Å². The second-order valence-electron chi connectivity index (χ2n) is 11.9. The first-order valence-corrected chi connectivity index (χ1v) is 19.2. The third kappa shape index (κ3) is 13.2. The largest absolute Gasteiger partial charge is 0.462 e. The number of ether oxygens (including phenoxy) is 4. The molecule has 14 heteroatoms. The summed E-state index contributed by atoms with van der Waals surface area (Å²) in [7, 11) is 0. The van der Waals surface area contributed by atoms with Crippen molar-refractivity contribution in [2.75, 3.05) is 13.2 Å². The third-order valence-electron chi connectivity index (χ3n) is 8.28. The van der Waals surface area contributed by atoms with Gasteiger partial charge in [-0.15, -0.1) is 0 Å². The van der Waals surface area contributed by atoms with Crippen molar-refractivity contribution >= 4 is 93.5 Å². The molecular formula is C36H44Cl6O8. The lowest BCUT2D eigenvalue weighted by Gasteiger charge is -2.17. The van der Waals surface area contributed by atoms with E-state index in [0.717, 1.165) is 76.3 Å². The van der Waals surface area contributed by atoms with E-state index in [1.54, 1.807) is 0 Å². The summed E-state index contributed by atoms with van der Waals surface area (Å²) >= 11 is 37.5. The first-order chi connectivity index (χ1) is 23.8. The van der Waals surface area contributed by atoms with E-state index < -0.39 is 46.5 Å². The van der Waals surface area contributed by atoms with Crippen LogP contribution >= 0.6 is 69.6 Å². The van der Waals surface area contributed by atoms with Crippen molar-refractivity contribution in [3.8, 4) is 11.5 Å². The van der Waals surface area contributed by atoms with Gasteiger partial charge in [0, 0.05) is 0 Å². The van der Waals surface area contributed by atoms with Crippen LogP contribution in [0.3, 0.4) is 0 Å². The number of carbonyl (C=O) groups is 4. The standard InChI is InChI=1S/C36H44Cl6O8/c1-5-9-13-21(7-3)15-11-17-47-33(43)27-29(41)23(37)19-25(39)31(27)49-35(45)36(46)50-32-26(40)20-24(38)30(42)28(32)34(44)48-18-12-16-22(8-4)14-10-6-2/h19-22H,5-18H2,1-4H3. The fourth-order valence-electron chi connectivity index (χ4n) is 5.30. The van der Waals surface area contributed by atoms with E-state index in [4.69, 9.17) is 88.6 Å². The van der Waals surface area contributed by atoms with Crippen molar-refractivity contribution in [1.29, 1.82) is 0 Å². The quantitative estimate of drug-likeness (QED) is 0.0428. The first kappa shape index (κ1) is 44.2. The molecule has 0 bridgehead atoms. The Bertz CT molecular complexity index is 1370. The summed E-state index contributed by atoms with van der Waals surface area (Å²) in [4.78, 5) is 52.3. The molecule has 2 unspecified atom stereocenters. The Morgan fingerprint density at radius 1 is 0.540 bits per heavy atom. The molecule has 0 spiro atoms. The Kier molecular flexibility index (Phi) is 20.2. The van der Waals surface area contributed by atoms with Crippen LogP contribution in [0.5, 0.6) is 11.5 Å². The monoisotopic (exact) mass is 814 g/mol. The maximum absolute atomic E-state index is 13.1. The Hall–Kier alpha value is -1.94. The van der Waals surface area contributed by atoms with Gasteiger partial charge >= 0.3 is 23.9 Å². The average Bonchev–Trinajstić information content (AvgIpc) is 3.08. The minimum Gasteiger partial charge on any atom is -0.462 e. The smallest absolute Gasteiger partial charge is 0.423 e. The van der Waals surface area contributed by atoms with Gasteiger partial charge in [-0.3, -0.25) is 0 Å². The Labute approximate surface area is 324 Å². The molecule has 8 nitrogen and oxygen atoms in total. The molecule has 0 saturated carbocycles. The molecule has 0 heterocycles. The molecular weight excluding hydrogens is 773 g/mol. The van der Waals surface area contributed by atoms with Crippen molar-refractivity contribution in [2.45, 2.75) is 105 Å². The van der Waals surface area contributed by atoms with Crippen molar-refractivity contribution in [1.82, 2.24) is 0 Å². The highest BCUT2D eigenvalue weighted by molar-refractivity contribution is 6.47. The van der Waals surface area contributed by atoms with Crippen LogP contribution in [0, 0.1) is 11.8 Å². The molecule has 0 fully saturated rings. The summed E-state index contributed by atoms with van der Waals surface area (Å²) in [5.41, 5.74) is -0.916. The van der Waals surface area contributed by atoms with E-state index >= 15 is 0 Å². The van der Waals surface area contributed by atoms with Crippen LogP contribution in [0.4, 0.5) is 0 Å². The fraction of sp³-hybridized carbons (Fsp3) is 0.556. The van der Waals surface area contributed by atoms with Gasteiger partial charge in [0.25, 0.3) is 0 Å². The number of hydrogen-bond donors (Lipinski definition) is 0. The second-order valence-corrected chi connectivity index (χ2v) is 14.3. The van der Waals surface area contributed by atoms with Gasteiger partial charge in [-0.2, -0.15) is 0 Å². The normalized spacial score (nSPS) is 12.3. The maximum atomic E-state index is 13.1. The molecule has 278 valence electrons. The zero-order chi connectivity index (χ0) is 37.4. The van der Waals surface area contributed by atoms with Gasteiger partial charge in [-0.05, 0) is 49.7 Å². The molecule has 0 saturated heterocycles.